The molecule has 0 aliphatic heterocycles. The van der Waals surface area contributed by atoms with E-state index in [4.69, 9.17) is 5.73 Å². The number of unbranched alkanes of at least 4 members (excludes halogenated alkanes) is 6. The molecular weight excluding hydrogens is 258 g/mol. The summed E-state index contributed by atoms with van der Waals surface area (Å²) < 4.78 is 0. The van der Waals surface area contributed by atoms with Gasteiger partial charge in [-0.15, -0.1) is 0 Å². The molecule has 1 aromatic carbocycles. The van der Waals surface area contributed by atoms with E-state index in [0.29, 0.717) is 5.78 Å². The van der Waals surface area contributed by atoms with Gasteiger partial charge in [-0.2, -0.15) is 0 Å². The molecule has 2 heteroatoms. The maximum Gasteiger partial charge on any atom is 0.143 e. The average Bonchev–Trinajstić information content (AvgIpc) is 3.28. The number of anilines is 1. The lowest BCUT2D eigenvalue weighted by Gasteiger charge is -2.14. The molecule has 0 atom stereocenters. The minimum absolute atomic E-state index is 0.157. The van der Waals surface area contributed by atoms with Crippen LogP contribution in [0.15, 0.2) is 24.3 Å². The van der Waals surface area contributed by atoms with Crippen molar-refractivity contribution in [2.75, 3.05) is 5.73 Å². The Bertz CT molecular complexity index is 445. The second-order valence-electron chi connectivity index (χ2n) is 6.50. The first kappa shape index (κ1) is 16.1. The summed E-state index contributed by atoms with van der Waals surface area (Å²) in [5.41, 5.74) is 7.52. The fourth-order valence-electron chi connectivity index (χ4n) is 3.14. The largest absolute Gasteiger partial charge is 0.399 e. The van der Waals surface area contributed by atoms with Crippen molar-refractivity contribution in [1.29, 1.82) is 0 Å². The molecule has 21 heavy (non-hydrogen) atoms. The molecule has 0 heterocycles. The Balaban J connectivity index is 1.72. The summed E-state index contributed by atoms with van der Waals surface area (Å²) in [5.74, 6) is 0.445. The van der Waals surface area contributed by atoms with Crippen molar-refractivity contribution >= 4 is 11.5 Å². The first-order valence-electron chi connectivity index (χ1n) is 8.58. The summed E-state index contributed by atoms with van der Waals surface area (Å²) in [6.07, 6.45) is 11.6. The highest BCUT2D eigenvalue weighted by atomic mass is 16.1. The zero-order valence-corrected chi connectivity index (χ0v) is 13.4. The minimum Gasteiger partial charge on any atom is -0.399 e. The first-order valence-corrected chi connectivity index (χ1v) is 8.58. The van der Waals surface area contributed by atoms with E-state index < -0.39 is 0 Å². The van der Waals surface area contributed by atoms with Gasteiger partial charge in [-0.3, -0.25) is 4.79 Å². The van der Waals surface area contributed by atoms with Gasteiger partial charge in [0, 0.05) is 12.1 Å². The van der Waals surface area contributed by atoms with Gasteiger partial charge < -0.3 is 5.73 Å². The van der Waals surface area contributed by atoms with Crippen LogP contribution in [0.5, 0.6) is 0 Å². The number of carbonyl (C=O) groups is 1. The van der Waals surface area contributed by atoms with Crippen LogP contribution in [0.2, 0.25) is 0 Å². The van der Waals surface area contributed by atoms with Gasteiger partial charge in [0.15, 0.2) is 0 Å². The fraction of sp³-hybridized carbons (Fsp3) is 0.632. The number of benzene rings is 1. The lowest BCUT2D eigenvalue weighted by Crippen LogP contribution is -2.20. The van der Waals surface area contributed by atoms with Gasteiger partial charge in [0.1, 0.15) is 5.78 Å². The molecule has 2 rings (SSSR count). The number of hydrogen-bond donors (Lipinski definition) is 1. The van der Waals surface area contributed by atoms with Gasteiger partial charge in [-0.25, -0.2) is 0 Å². The Hall–Kier alpha value is -1.31. The number of Topliss-reactive ketones (excluding diaryl/α,β-unsaturated/α-hetero) is 1. The van der Waals surface area contributed by atoms with Gasteiger partial charge in [-0.1, -0.05) is 57.6 Å². The molecule has 0 aromatic heterocycles. The third kappa shape index (κ3) is 4.33. The highest BCUT2D eigenvalue weighted by Crippen LogP contribution is 2.50. The number of carbonyl (C=O) groups excluding carboxylic acids is 1. The average molecular weight is 287 g/mol. The molecule has 0 bridgehead atoms. The monoisotopic (exact) mass is 287 g/mol. The summed E-state index contributed by atoms with van der Waals surface area (Å²) in [7, 11) is 0. The number of hydrogen-bond acceptors (Lipinski definition) is 2. The summed E-state index contributed by atoms with van der Waals surface area (Å²) in [4.78, 5) is 12.5. The second kappa shape index (κ2) is 7.63. The van der Waals surface area contributed by atoms with Crippen molar-refractivity contribution in [2.45, 2.75) is 76.5 Å². The Labute approximate surface area is 129 Å². The van der Waals surface area contributed by atoms with Crippen molar-refractivity contribution in [3.8, 4) is 0 Å². The van der Waals surface area contributed by atoms with Gasteiger partial charge in [0.2, 0.25) is 0 Å². The van der Waals surface area contributed by atoms with E-state index in [2.05, 4.69) is 6.92 Å². The van der Waals surface area contributed by atoms with Gasteiger partial charge >= 0.3 is 0 Å². The van der Waals surface area contributed by atoms with Crippen LogP contribution in [0.3, 0.4) is 0 Å². The Kier molecular flexibility index (Phi) is 5.84. The van der Waals surface area contributed by atoms with Crippen LogP contribution in [0.25, 0.3) is 0 Å². The summed E-state index contributed by atoms with van der Waals surface area (Å²) in [5, 5.41) is 0. The molecule has 0 radical (unpaired) electrons. The predicted molar refractivity (Wildman–Crippen MR) is 89.4 cm³/mol. The summed E-state index contributed by atoms with van der Waals surface area (Å²) >= 11 is 0. The molecule has 1 aliphatic carbocycles. The molecular formula is C19H29NO. The third-order valence-electron chi connectivity index (χ3n) is 4.75. The normalized spacial score (nSPS) is 15.9. The highest BCUT2D eigenvalue weighted by Gasteiger charge is 2.49. The molecule has 0 unspecified atom stereocenters. The molecule has 2 nitrogen and oxygen atoms in total. The molecule has 0 saturated heterocycles. The molecule has 1 aromatic rings. The smallest absolute Gasteiger partial charge is 0.143 e. The zero-order valence-electron chi connectivity index (χ0n) is 13.4. The van der Waals surface area contributed by atoms with Crippen molar-refractivity contribution < 1.29 is 4.79 Å². The van der Waals surface area contributed by atoms with Crippen molar-refractivity contribution in [3.63, 3.8) is 0 Å². The van der Waals surface area contributed by atoms with E-state index in [1.807, 2.05) is 24.3 Å². The van der Waals surface area contributed by atoms with E-state index in [-0.39, 0.29) is 5.41 Å². The van der Waals surface area contributed by atoms with Crippen molar-refractivity contribution in [3.05, 3.63) is 29.8 Å². The van der Waals surface area contributed by atoms with Crippen molar-refractivity contribution in [2.24, 2.45) is 0 Å². The number of ketones is 1. The van der Waals surface area contributed by atoms with Crippen molar-refractivity contribution in [1.82, 2.24) is 0 Å². The van der Waals surface area contributed by atoms with E-state index in [1.165, 1.54) is 44.1 Å². The fourth-order valence-corrected chi connectivity index (χ4v) is 3.14. The summed E-state index contributed by atoms with van der Waals surface area (Å²) in [6.45, 7) is 2.24. The SMILES string of the molecule is CCCCCCCCCC(=O)C1(c2ccc(N)cc2)CC1. The Morgan fingerprint density at radius 1 is 1.00 bits per heavy atom. The quantitative estimate of drug-likeness (QED) is 0.485. The van der Waals surface area contributed by atoms with Crippen LogP contribution < -0.4 is 5.73 Å². The summed E-state index contributed by atoms with van der Waals surface area (Å²) in [6, 6.07) is 7.89. The molecule has 1 aliphatic rings. The van der Waals surface area contributed by atoms with Crippen LogP contribution >= 0.6 is 0 Å². The van der Waals surface area contributed by atoms with Crippen LogP contribution in [-0.4, -0.2) is 5.78 Å². The zero-order chi connectivity index (χ0) is 15.1. The molecule has 0 spiro atoms. The predicted octanol–water partition coefficient (Wildman–Crippen LogP) is 5.01. The van der Waals surface area contributed by atoms with Crippen LogP contribution in [-0.2, 0) is 10.2 Å². The number of nitrogen functional groups attached to an aromatic ring is 1. The van der Waals surface area contributed by atoms with Crippen LogP contribution in [0.1, 0.15) is 76.7 Å². The second-order valence-corrected chi connectivity index (χ2v) is 6.50. The van der Waals surface area contributed by atoms with E-state index in [9.17, 15) is 4.79 Å². The van der Waals surface area contributed by atoms with E-state index in [1.54, 1.807) is 0 Å². The minimum atomic E-state index is -0.157. The maximum atomic E-state index is 12.5. The number of nitrogens with two attached hydrogens (primary N) is 1. The highest BCUT2D eigenvalue weighted by molar-refractivity contribution is 5.93. The van der Waals surface area contributed by atoms with Gasteiger partial charge in [0.05, 0.1) is 5.41 Å². The first-order chi connectivity index (χ1) is 10.2. The molecule has 1 fully saturated rings. The standard InChI is InChI=1S/C19H29NO/c1-2-3-4-5-6-7-8-9-18(21)19(14-15-19)16-10-12-17(20)13-11-16/h10-13H,2-9,14-15,20H2,1H3. The molecule has 116 valence electrons. The Morgan fingerprint density at radius 3 is 2.14 bits per heavy atom. The van der Waals surface area contributed by atoms with E-state index in [0.717, 1.165) is 31.4 Å². The van der Waals surface area contributed by atoms with Gasteiger partial charge in [0.25, 0.3) is 0 Å². The maximum absolute atomic E-state index is 12.5. The topological polar surface area (TPSA) is 43.1 Å². The third-order valence-corrected chi connectivity index (χ3v) is 4.75. The lowest BCUT2D eigenvalue weighted by molar-refractivity contribution is -0.121. The lowest BCUT2D eigenvalue weighted by atomic mass is 9.88. The number of rotatable bonds is 10. The van der Waals surface area contributed by atoms with E-state index >= 15 is 0 Å². The molecule has 0 amide bonds. The molecule has 2 N–H and O–H groups in total. The Morgan fingerprint density at radius 2 is 1.57 bits per heavy atom. The van der Waals surface area contributed by atoms with Crippen LogP contribution in [0, 0.1) is 0 Å². The van der Waals surface area contributed by atoms with Gasteiger partial charge in [-0.05, 0) is 37.0 Å². The molecule has 1 saturated carbocycles. The van der Waals surface area contributed by atoms with Crippen LogP contribution in [0.4, 0.5) is 5.69 Å².